The van der Waals surface area contributed by atoms with Crippen LogP contribution in [0, 0.1) is 42.4 Å². The van der Waals surface area contributed by atoms with Gasteiger partial charge in [-0.15, -0.1) is 0 Å². The van der Waals surface area contributed by atoms with E-state index in [0.717, 1.165) is 22.3 Å². The second kappa shape index (κ2) is 21.4. The molecule has 2 fully saturated rings. The van der Waals surface area contributed by atoms with Gasteiger partial charge in [-0.05, 0) is 136 Å². The number of benzene rings is 3. The molecule has 0 spiro atoms. The summed E-state index contributed by atoms with van der Waals surface area (Å²) in [5.41, 5.74) is -0.718. The predicted molar refractivity (Wildman–Crippen MR) is 261 cm³/mol. The molecule has 0 aromatic heterocycles. The quantitative estimate of drug-likeness (QED) is 0.0214. The van der Waals surface area contributed by atoms with Crippen molar-refractivity contribution in [2.24, 2.45) is 22.2 Å². The van der Waals surface area contributed by atoms with Gasteiger partial charge in [-0.2, -0.15) is 0 Å². The monoisotopic (exact) mass is 932 g/mol. The van der Waals surface area contributed by atoms with Gasteiger partial charge in [0.15, 0.2) is 28.8 Å². The largest absolute Gasteiger partial charge is 0.506 e. The number of non-ortho nitro benzene ring substituents is 2. The Morgan fingerprint density at radius 3 is 1.68 bits per heavy atom. The fourth-order valence-corrected chi connectivity index (χ4v) is 9.63. The van der Waals surface area contributed by atoms with Crippen LogP contribution < -0.4 is 18.9 Å². The lowest BCUT2D eigenvalue weighted by Crippen LogP contribution is -2.70. The van der Waals surface area contributed by atoms with E-state index in [-0.39, 0.29) is 72.6 Å². The Labute approximate surface area is 398 Å². The van der Waals surface area contributed by atoms with E-state index in [9.17, 15) is 25.3 Å². The minimum atomic E-state index is -1.75. The van der Waals surface area contributed by atoms with Crippen LogP contribution in [-0.2, 0) is 27.6 Å². The Morgan fingerprint density at radius 1 is 0.676 bits per heavy atom. The average Bonchev–Trinajstić information content (AvgIpc) is 3.28. The first-order valence-electron chi connectivity index (χ1n) is 22.7. The third-order valence-electron chi connectivity index (χ3n) is 13.4. The summed E-state index contributed by atoms with van der Waals surface area (Å²) in [6, 6.07) is 12.4. The number of ether oxygens (including phenoxy) is 4. The molecule has 3 aromatic carbocycles. The van der Waals surface area contributed by atoms with E-state index in [4.69, 9.17) is 18.9 Å². The molecule has 4 atom stereocenters. The van der Waals surface area contributed by atoms with E-state index >= 15 is 14.4 Å². The first-order chi connectivity index (χ1) is 32.1. The van der Waals surface area contributed by atoms with Crippen LogP contribution in [0.1, 0.15) is 118 Å². The fraction of sp³-hybridized carbons (Fsp3) is 0.426. The summed E-state index contributed by atoms with van der Waals surface area (Å²) in [6.07, 6.45) is 9.80. The van der Waals surface area contributed by atoms with Gasteiger partial charge in [0, 0.05) is 41.0 Å². The Hall–Kier alpha value is -6.83. The lowest BCUT2D eigenvalue weighted by atomic mass is 9.37. The SMILES string of the molecule is COc1ccc([N+](=O)[O-])cc1COc1ccc(C(O)=C2C(=O)[C@]3(CC=C(C)C)C[C@H](CC=C(C)C)[C@@](C)(CCC=C(C)C)[C@](CC=C(C)C)(C2=O)C3=O)cc1OCc1cc([N+](=O)[O-])ccc1OC. The summed E-state index contributed by atoms with van der Waals surface area (Å²) >= 11 is 0. The molecule has 362 valence electrons. The van der Waals surface area contributed by atoms with Crippen LogP contribution in [0.3, 0.4) is 0 Å². The number of rotatable bonds is 20. The van der Waals surface area contributed by atoms with Crippen LogP contribution in [-0.4, -0.2) is 46.5 Å². The number of aliphatic hydroxyl groups is 1. The molecule has 0 saturated heterocycles. The molecule has 68 heavy (non-hydrogen) atoms. The van der Waals surface area contributed by atoms with Crippen molar-refractivity contribution in [1.82, 2.24) is 0 Å². The molecule has 0 radical (unpaired) electrons. The number of nitrogens with zero attached hydrogens (tertiary/aromatic N) is 2. The lowest BCUT2D eigenvalue weighted by Gasteiger charge is -2.61. The number of Topliss-reactive ketones (excluding diaryl/α,β-unsaturated/α-hetero) is 3. The molecule has 0 unspecified atom stereocenters. The van der Waals surface area contributed by atoms with Gasteiger partial charge in [0.2, 0.25) is 0 Å². The average molecular weight is 933 g/mol. The van der Waals surface area contributed by atoms with E-state index in [2.05, 4.69) is 12.2 Å². The molecule has 0 amide bonds. The zero-order valence-corrected chi connectivity index (χ0v) is 41.1. The van der Waals surface area contributed by atoms with E-state index in [1.54, 1.807) is 0 Å². The number of aliphatic hydroxyl groups excluding tert-OH is 1. The highest BCUT2D eigenvalue weighted by atomic mass is 16.6. The highest BCUT2D eigenvalue weighted by molar-refractivity contribution is 6.41. The van der Waals surface area contributed by atoms with Gasteiger partial charge in [-0.1, -0.05) is 53.5 Å². The molecular weight excluding hydrogens is 869 g/mol. The summed E-state index contributed by atoms with van der Waals surface area (Å²) in [6.45, 7) is 17.0. The zero-order chi connectivity index (χ0) is 50.3. The van der Waals surface area contributed by atoms with E-state index in [1.807, 2.05) is 74.5 Å². The Morgan fingerprint density at radius 2 is 1.18 bits per heavy atom. The number of hydrogen-bond acceptors (Lipinski definition) is 12. The second-order valence-corrected chi connectivity index (χ2v) is 19.1. The van der Waals surface area contributed by atoms with Crippen molar-refractivity contribution in [2.75, 3.05) is 14.2 Å². The maximum atomic E-state index is 15.9. The van der Waals surface area contributed by atoms with Gasteiger partial charge in [-0.3, -0.25) is 34.6 Å². The molecule has 1 N–H and O–H groups in total. The Balaban J connectivity index is 1.78. The van der Waals surface area contributed by atoms with Gasteiger partial charge in [0.1, 0.15) is 41.5 Å². The molecule has 2 saturated carbocycles. The van der Waals surface area contributed by atoms with Gasteiger partial charge in [-0.25, -0.2) is 0 Å². The Bertz CT molecular complexity index is 2640. The molecule has 0 aliphatic heterocycles. The Kier molecular flexibility index (Phi) is 16.4. The smallest absolute Gasteiger partial charge is 0.270 e. The van der Waals surface area contributed by atoms with E-state index in [1.165, 1.54) is 68.8 Å². The normalized spacial score (nSPS) is 21.5. The maximum Gasteiger partial charge on any atom is 0.270 e. The second-order valence-electron chi connectivity index (χ2n) is 19.1. The minimum absolute atomic E-state index is 0.00234. The molecule has 14 nitrogen and oxygen atoms in total. The van der Waals surface area contributed by atoms with Crippen LogP contribution >= 0.6 is 0 Å². The number of ketones is 3. The molecule has 5 rings (SSSR count). The van der Waals surface area contributed by atoms with Crippen LogP contribution in [0.4, 0.5) is 11.4 Å². The van der Waals surface area contributed by atoms with Crippen LogP contribution in [0.5, 0.6) is 23.0 Å². The molecule has 3 aromatic rings. The summed E-state index contributed by atoms with van der Waals surface area (Å²) < 4.78 is 23.4. The van der Waals surface area contributed by atoms with E-state index < -0.39 is 54.8 Å². The predicted octanol–water partition coefficient (Wildman–Crippen LogP) is 12.5. The van der Waals surface area contributed by atoms with Crippen molar-refractivity contribution >= 4 is 34.5 Å². The topological polar surface area (TPSA) is 195 Å². The first-order valence-corrected chi connectivity index (χ1v) is 22.7. The van der Waals surface area contributed by atoms with Gasteiger partial charge in [0.25, 0.3) is 11.4 Å². The van der Waals surface area contributed by atoms with Crippen LogP contribution in [0.25, 0.3) is 5.76 Å². The van der Waals surface area contributed by atoms with Gasteiger partial charge in [0.05, 0.1) is 29.5 Å². The number of nitro groups is 2. The molecule has 2 aliphatic rings. The van der Waals surface area contributed by atoms with Gasteiger partial charge < -0.3 is 24.1 Å². The van der Waals surface area contributed by atoms with E-state index in [0.29, 0.717) is 36.1 Å². The summed E-state index contributed by atoms with van der Waals surface area (Å²) in [4.78, 5) is 69.4. The highest BCUT2D eigenvalue weighted by Crippen LogP contribution is 2.67. The highest BCUT2D eigenvalue weighted by Gasteiger charge is 2.74. The van der Waals surface area contributed by atoms with Crippen molar-refractivity contribution in [2.45, 2.75) is 114 Å². The summed E-state index contributed by atoms with van der Waals surface area (Å²) in [5.74, 6) is -2.16. The minimum Gasteiger partial charge on any atom is -0.506 e. The van der Waals surface area contributed by atoms with Crippen molar-refractivity contribution in [3.8, 4) is 23.0 Å². The zero-order valence-electron chi connectivity index (χ0n) is 41.1. The molecular formula is C54H64N2O12. The molecule has 2 bridgehead atoms. The number of carbonyl (C=O) groups excluding carboxylic acids is 3. The lowest BCUT2D eigenvalue weighted by molar-refractivity contribution is -0.385. The van der Waals surface area contributed by atoms with Crippen molar-refractivity contribution in [1.29, 1.82) is 0 Å². The number of allylic oxidation sites excluding steroid dienone is 9. The van der Waals surface area contributed by atoms with Crippen LogP contribution in [0.2, 0.25) is 0 Å². The first kappa shape index (κ1) is 52.1. The summed E-state index contributed by atoms with van der Waals surface area (Å²) in [7, 11) is 2.81. The number of methoxy groups -OCH3 is 2. The number of nitro benzene ring substituents is 2. The number of carbonyl (C=O) groups is 3. The van der Waals surface area contributed by atoms with Crippen molar-refractivity contribution < 1.29 is 48.3 Å². The third kappa shape index (κ3) is 10.5. The van der Waals surface area contributed by atoms with Crippen LogP contribution in [0.15, 0.2) is 107 Å². The molecule has 14 heteroatoms. The number of fused-ring (bicyclic) bond motifs is 2. The fourth-order valence-electron chi connectivity index (χ4n) is 9.63. The van der Waals surface area contributed by atoms with Gasteiger partial charge >= 0.3 is 0 Å². The van der Waals surface area contributed by atoms with Crippen molar-refractivity contribution in [3.63, 3.8) is 0 Å². The molecule has 2 aliphatic carbocycles. The maximum absolute atomic E-state index is 15.9. The van der Waals surface area contributed by atoms with Crippen molar-refractivity contribution in [3.05, 3.63) is 144 Å². The summed E-state index contributed by atoms with van der Waals surface area (Å²) in [5, 5.41) is 36.0. The molecule has 0 heterocycles. The number of hydrogen-bond donors (Lipinski definition) is 1. The standard InChI is InChI=1S/C54H64N2O12/c1-33(2)13-12-24-52(9)40(16-14-34(3)4)30-53(25-22-35(5)6)49(58)47(50(59)54(52,51(53)60)26-23-36(7)8)48(57)37-15-19-45(67-31-38-27-41(55(61)62)17-20-43(38)65-10)46(29-37)68-32-39-28-42(56(63)64)18-21-44(39)66-11/h13-15,17-23,27-29,40,57H,12,16,24-26,30-32H2,1-11H3/t40-,52+,53-,54+/m0/s1. The third-order valence-corrected chi connectivity index (χ3v) is 13.4.